The average molecular weight is 313 g/mol. The van der Waals surface area contributed by atoms with Gasteiger partial charge in [0, 0.05) is 44.4 Å². The van der Waals surface area contributed by atoms with Gasteiger partial charge in [0.1, 0.15) is 5.82 Å². The van der Waals surface area contributed by atoms with Gasteiger partial charge in [0.05, 0.1) is 11.4 Å². The van der Waals surface area contributed by atoms with Crippen molar-refractivity contribution in [1.29, 1.82) is 0 Å². The van der Waals surface area contributed by atoms with Gasteiger partial charge < -0.3 is 4.90 Å². The molecule has 0 bridgehead atoms. The quantitative estimate of drug-likeness (QED) is 0.873. The summed E-state index contributed by atoms with van der Waals surface area (Å²) >= 11 is 0. The lowest BCUT2D eigenvalue weighted by molar-refractivity contribution is -0.130. The second-order valence-electron chi connectivity index (χ2n) is 6.09. The third kappa shape index (κ3) is 3.25. The molecule has 1 aliphatic rings. The van der Waals surface area contributed by atoms with Crippen molar-refractivity contribution in [3.8, 4) is 11.4 Å². The highest BCUT2D eigenvalue weighted by atomic mass is 16.2. The number of aromatic nitrogens is 4. The van der Waals surface area contributed by atoms with Crippen LogP contribution in [-0.4, -0.2) is 43.6 Å². The molecule has 122 valence electrons. The zero-order chi connectivity index (χ0) is 16.4. The normalized spacial score (nSPS) is 18.2. The summed E-state index contributed by atoms with van der Waals surface area (Å²) in [6.07, 6.45) is 3.83. The van der Waals surface area contributed by atoms with Gasteiger partial charge in [0.15, 0.2) is 0 Å². The smallest absolute Gasteiger partial charge is 0.219 e. The lowest BCUT2D eigenvalue weighted by atomic mass is 9.97. The molecule has 3 rings (SSSR count). The number of aryl methyl sites for hydroxylation is 2. The number of carbonyl (C=O) groups excluding carboxylic acids is 1. The number of piperidine rings is 1. The fourth-order valence-electron chi connectivity index (χ4n) is 3.18. The molecule has 1 amide bonds. The van der Waals surface area contributed by atoms with Gasteiger partial charge in [-0.3, -0.25) is 9.48 Å². The minimum Gasteiger partial charge on any atom is -0.342 e. The molecule has 0 saturated carbocycles. The molecule has 0 aliphatic carbocycles. The summed E-state index contributed by atoms with van der Waals surface area (Å²) in [4.78, 5) is 23.0. The maximum absolute atomic E-state index is 11.7. The monoisotopic (exact) mass is 313 g/mol. The molecule has 0 spiro atoms. The number of rotatable bonds is 3. The minimum absolute atomic E-state index is 0.131. The average Bonchev–Trinajstić information content (AvgIpc) is 3.03. The second kappa shape index (κ2) is 6.48. The first-order valence-electron chi connectivity index (χ1n) is 8.21. The maximum Gasteiger partial charge on any atom is 0.219 e. The number of amides is 1. The Balaban J connectivity index is 1.93. The van der Waals surface area contributed by atoms with E-state index in [4.69, 9.17) is 4.98 Å². The van der Waals surface area contributed by atoms with E-state index in [1.807, 2.05) is 28.6 Å². The molecule has 6 heteroatoms. The Morgan fingerprint density at radius 1 is 1.39 bits per heavy atom. The Morgan fingerprint density at radius 2 is 2.22 bits per heavy atom. The van der Waals surface area contributed by atoms with Crippen molar-refractivity contribution in [2.75, 3.05) is 13.1 Å². The molecule has 2 aromatic heterocycles. The van der Waals surface area contributed by atoms with Gasteiger partial charge in [-0.25, -0.2) is 9.97 Å². The number of carbonyl (C=O) groups is 1. The molecule has 0 N–H and O–H groups in total. The van der Waals surface area contributed by atoms with Gasteiger partial charge in [-0.05, 0) is 38.8 Å². The predicted molar refractivity (Wildman–Crippen MR) is 87.9 cm³/mol. The second-order valence-corrected chi connectivity index (χ2v) is 6.09. The molecule has 6 nitrogen and oxygen atoms in total. The van der Waals surface area contributed by atoms with E-state index < -0.39 is 0 Å². The van der Waals surface area contributed by atoms with Gasteiger partial charge in [-0.1, -0.05) is 0 Å². The first kappa shape index (κ1) is 15.6. The van der Waals surface area contributed by atoms with Crippen LogP contribution in [0.1, 0.15) is 44.1 Å². The minimum atomic E-state index is 0.131. The van der Waals surface area contributed by atoms with E-state index in [2.05, 4.69) is 17.0 Å². The molecule has 1 atom stereocenters. The Hall–Kier alpha value is -2.24. The molecule has 0 aromatic carbocycles. The van der Waals surface area contributed by atoms with Crippen molar-refractivity contribution in [3.05, 3.63) is 29.8 Å². The van der Waals surface area contributed by atoms with E-state index in [1.54, 1.807) is 13.1 Å². The molecule has 1 aliphatic heterocycles. The van der Waals surface area contributed by atoms with Crippen LogP contribution in [0.15, 0.2) is 18.3 Å². The van der Waals surface area contributed by atoms with Crippen LogP contribution < -0.4 is 0 Å². The Kier molecular flexibility index (Phi) is 4.41. The Morgan fingerprint density at radius 3 is 2.96 bits per heavy atom. The summed E-state index contributed by atoms with van der Waals surface area (Å²) in [7, 11) is 0. The van der Waals surface area contributed by atoms with Crippen molar-refractivity contribution in [2.24, 2.45) is 0 Å². The van der Waals surface area contributed by atoms with Crippen LogP contribution in [0.2, 0.25) is 0 Å². The first-order valence-corrected chi connectivity index (χ1v) is 8.21. The summed E-state index contributed by atoms with van der Waals surface area (Å²) < 4.78 is 1.94. The van der Waals surface area contributed by atoms with Gasteiger partial charge in [-0.15, -0.1) is 0 Å². The third-order valence-corrected chi connectivity index (χ3v) is 4.38. The van der Waals surface area contributed by atoms with Crippen LogP contribution in [0.25, 0.3) is 11.4 Å². The number of hydrogen-bond acceptors (Lipinski definition) is 4. The highest BCUT2D eigenvalue weighted by Gasteiger charge is 2.25. The largest absolute Gasteiger partial charge is 0.342 e. The zero-order valence-corrected chi connectivity index (χ0v) is 14.0. The predicted octanol–water partition coefficient (Wildman–Crippen LogP) is 2.39. The van der Waals surface area contributed by atoms with Crippen molar-refractivity contribution in [2.45, 2.75) is 46.1 Å². The standard InChI is InChI=1S/C17H23N5O/c1-4-22-16(7-8-18-22)15-10-12(2)19-17(20-15)14-6-5-9-21(11-14)13(3)23/h7-8,10,14H,4-6,9,11H2,1-3H3/t14-/m0/s1. The van der Waals surface area contributed by atoms with Crippen LogP contribution in [0.4, 0.5) is 0 Å². The Labute approximate surface area is 136 Å². The van der Waals surface area contributed by atoms with Crippen molar-refractivity contribution in [1.82, 2.24) is 24.6 Å². The summed E-state index contributed by atoms with van der Waals surface area (Å²) in [6.45, 7) is 8.05. The van der Waals surface area contributed by atoms with E-state index in [-0.39, 0.29) is 11.8 Å². The van der Waals surface area contributed by atoms with E-state index in [0.29, 0.717) is 6.54 Å². The molecule has 1 fully saturated rings. The number of hydrogen-bond donors (Lipinski definition) is 0. The summed E-state index contributed by atoms with van der Waals surface area (Å²) in [5.74, 6) is 1.19. The van der Waals surface area contributed by atoms with Crippen LogP contribution in [0, 0.1) is 6.92 Å². The van der Waals surface area contributed by atoms with Crippen LogP contribution >= 0.6 is 0 Å². The SMILES string of the molecule is CCn1nccc1-c1cc(C)nc([C@H]2CCCN(C(C)=O)C2)n1. The third-order valence-electron chi connectivity index (χ3n) is 4.38. The number of nitrogens with zero attached hydrogens (tertiary/aromatic N) is 5. The lowest BCUT2D eigenvalue weighted by Gasteiger charge is -2.31. The van der Waals surface area contributed by atoms with Crippen LogP contribution in [-0.2, 0) is 11.3 Å². The summed E-state index contributed by atoms with van der Waals surface area (Å²) in [5, 5.41) is 4.32. The highest BCUT2D eigenvalue weighted by Crippen LogP contribution is 2.27. The molecule has 0 unspecified atom stereocenters. The fraction of sp³-hybridized carbons (Fsp3) is 0.529. The van der Waals surface area contributed by atoms with Gasteiger partial charge >= 0.3 is 0 Å². The van der Waals surface area contributed by atoms with Gasteiger partial charge in [-0.2, -0.15) is 5.10 Å². The van der Waals surface area contributed by atoms with Gasteiger partial charge in [0.2, 0.25) is 5.91 Å². The molecule has 2 aromatic rings. The molecular weight excluding hydrogens is 290 g/mol. The molecule has 23 heavy (non-hydrogen) atoms. The first-order chi connectivity index (χ1) is 11.1. The van der Waals surface area contributed by atoms with Crippen LogP contribution in [0.5, 0.6) is 0 Å². The lowest BCUT2D eigenvalue weighted by Crippen LogP contribution is -2.38. The molecular formula is C17H23N5O. The molecule has 0 radical (unpaired) electrons. The Bertz CT molecular complexity index is 709. The maximum atomic E-state index is 11.7. The number of likely N-dealkylation sites (tertiary alicyclic amines) is 1. The van der Waals surface area contributed by atoms with Crippen molar-refractivity contribution < 1.29 is 4.79 Å². The summed E-state index contributed by atoms with van der Waals surface area (Å²) in [5.41, 5.74) is 2.87. The van der Waals surface area contributed by atoms with E-state index in [1.165, 1.54) is 0 Å². The topological polar surface area (TPSA) is 63.9 Å². The van der Waals surface area contributed by atoms with E-state index in [0.717, 1.165) is 48.8 Å². The van der Waals surface area contributed by atoms with Crippen molar-refractivity contribution >= 4 is 5.91 Å². The van der Waals surface area contributed by atoms with E-state index in [9.17, 15) is 4.79 Å². The van der Waals surface area contributed by atoms with Crippen LogP contribution in [0.3, 0.4) is 0 Å². The van der Waals surface area contributed by atoms with E-state index >= 15 is 0 Å². The molecule has 3 heterocycles. The summed E-state index contributed by atoms with van der Waals surface area (Å²) in [6, 6.07) is 3.98. The van der Waals surface area contributed by atoms with Gasteiger partial charge in [0.25, 0.3) is 0 Å². The molecule has 1 saturated heterocycles. The highest BCUT2D eigenvalue weighted by molar-refractivity contribution is 5.73. The zero-order valence-electron chi connectivity index (χ0n) is 14.0. The van der Waals surface area contributed by atoms with Crippen molar-refractivity contribution in [3.63, 3.8) is 0 Å². The fourth-order valence-corrected chi connectivity index (χ4v) is 3.18.